The summed E-state index contributed by atoms with van der Waals surface area (Å²) < 4.78 is 10.4. The van der Waals surface area contributed by atoms with Crippen molar-refractivity contribution in [3.05, 3.63) is 23.8 Å². The fourth-order valence-corrected chi connectivity index (χ4v) is 1.81. The Hall–Kier alpha value is -1.26. The first-order chi connectivity index (χ1) is 8.71. The highest BCUT2D eigenvalue weighted by molar-refractivity contribution is 5.42. The maximum atomic E-state index is 9.60. The van der Waals surface area contributed by atoms with Gasteiger partial charge in [-0.15, -0.1) is 0 Å². The largest absolute Gasteiger partial charge is 0.493 e. The van der Waals surface area contributed by atoms with Gasteiger partial charge < -0.3 is 19.9 Å². The second kappa shape index (κ2) is 7.95. The lowest BCUT2D eigenvalue weighted by Crippen LogP contribution is -2.26. The van der Waals surface area contributed by atoms with Crippen LogP contribution < -0.4 is 14.8 Å². The van der Waals surface area contributed by atoms with E-state index in [1.54, 1.807) is 14.2 Å². The summed E-state index contributed by atoms with van der Waals surface area (Å²) in [6, 6.07) is 5.82. The van der Waals surface area contributed by atoms with Crippen LogP contribution in [0.4, 0.5) is 0 Å². The van der Waals surface area contributed by atoms with Gasteiger partial charge in [-0.1, -0.05) is 19.4 Å². The van der Waals surface area contributed by atoms with E-state index in [-0.39, 0.29) is 6.10 Å². The Balaban J connectivity index is 2.47. The van der Waals surface area contributed by atoms with Gasteiger partial charge in [-0.25, -0.2) is 0 Å². The monoisotopic (exact) mass is 253 g/mol. The van der Waals surface area contributed by atoms with E-state index in [1.165, 1.54) is 0 Å². The molecule has 1 unspecified atom stereocenters. The average Bonchev–Trinajstić information content (AvgIpc) is 2.38. The predicted octanol–water partition coefficient (Wildman–Crippen LogP) is 1.95. The first kappa shape index (κ1) is 14.8. The van der Waals surface area contributed by atoms with E-state index < -0.39 is 0 Å². The number of aliphatic hydroxyl groups is 1. The zero-order chi connectivity index (χ0) is 13.4. The van der Waals surface area contributed by atoms with Gasteiger partial charge in [0.25, 0.3) is 0 Å². The third kappa shape index (κ3) is 4.55. The van der Waals surface area contributed by atoms with Crippen molar-refractivity contribution in [1.29, 1.82) is 0 Å². The standard InChI is InChI=1S/C14H23NO3/c1-4-5-12(16)10-15-9-11-6-7-13(17-2)14(8-11)18-3/h6-8,12,15-16H,4-5,9-10H2,1-3H3. The zero-order valence-corrected chi connectivity index (χ0v) is 11.4. The molecular formula is C14H23NO3. The third-order valence-electron chi connectivity index (χ3n) is 2.78. The molecule has 0 bridgehead atoms. The second-order valence-corrected chi connectivity index (χ2v) is 4.26. The van der Waals surface area contributed by atoms with Crippen molar-refractivity contribution in [3.8, 4) is 11.5 Å². The molecule has 0 fully saturated rings. The van der Waals surface area contributed by atoms with Crippen molar-refractivity contribution in [1.82, 2.24) is 5.32 Å². The van der Waals surface area contributed by atoms with Gasteiger partial charge in [0.15, 0.2) is 11.5 Å². The van der Waals surface area contributed by atoms with Crippen molar-refractivity contribution in [2.24, 2.45) is 0 Å². The third-order valence-corrected chi connectivity index (χ3v) is 2.78. The Bertz CT molecular complexity index is 355. The van der Waals surface area contributed by atoms with E-state index in [2.05, 4.69) is 12.2 Å². The number of benzene rings is 1. The molecule has 102 valence electrons. The molecule has 0 aliphatic heterocycles. The number of hydrogen-bond donors (Lipinski definition) is 2. The van der Waals surface area contributed by atoms with Crippen LogP contribution in [-0.2, 0) is 6.54 Å². The summed E-state index contributed by atoms with van der Waals surface area (Å²) in [5, 5.41) is 12.8. The highest BCUT2D eigenvalue weighted by atomic mass is 16.5. The molecule has 4 nitrogen and oxygen atoms in total. The SMILES string of the molecule is CCCC(O)CNCc1ccc(OC)c(OC)c1. The lowest BCUT2D eigenvalue weighted by atomic mass is 10.2. The zero-order valence-electron chi connectivity index (χ0n) is 11.4. The lowest BCUT2D eigenvalue weighted by molar-refractivity contribution is 0.160. The van der Waals surface area contributed by atoms with Crippen LogP contribution in [-0.4, -0.2) is 32.0 Å². The molecule has 1 atom stereocenters. The molecule has 1 aromatic carbocycles. The molecule has 1 aromatic rings. The van der Waals surface area contributed by atoms with Crippen molar-refractivity contribution < 1.29 is 14.6 Å². The number of methoxy groups -OCH3 is 2. The molecule has 0 spiro atoms. The van der Waals surface area contributed by atoms with E-state index in [4.69, 9.17) is 9.47 Å². The molecule has 4 heteroatoms. The molecule has 0 saturated heterocycles. The minimum atomic E-state index is -0.268. The van der Waals surface area contributed by atoms with Gasteiger partial charge >= 0.3 is 0 Å². The Kier molecular flexibility index (Phi) is 6.54. The van der Waals surface area contributed by atoms with Crippen molar-refractivity contribution in [2.75, 3.05) is 20.8 Å². The van der Waals surface area contributed by atoms with Crippen LogP contribution in [0.5, 0.6) is 11.5 Å². The minimum Gasteiger partial charge on any atom is -0.493 e. The quantitative estimate of drug-likeness (QED) is 0.743. The van der Waals surface area contributed by atoms with E-state index >= 15 is 0 Å². The molecule has 0 heterocycles. The van der Waals surface area contributed by atoms with Crippen molar-refractivity contribution in [3.63, 3.8) is 0 Å². The second-order valence-electron chi connectivity index (χ2n) is 4.26. The Labute approximate surface area is 109 Å². The first-order valence-corrected chi connectivity index (χ1v) is 6.31. The number of aliphatic hydroxyl groups excluding tert-OH is 1. The van der Waals surface area contributed by atoms with Gasteiger partial charge in [0, 0.05) is 13.1 Å². The number of nitrogens with one attached hydrogen (secondary N) is 1. The van der Waals surface area contributed by atoms with Crippen LogP contribution in [0.3, 0.4) is 0 Å². The van der Waals surface area contributed by atoms with Gasteiger partial charge in [-0.3, -0.25) is 0 Å². The van der Waals surface area contributed by atoms with Crippen LogP contribution in [0.25, 0.3) is 0 Å². The Morgan fingerprint density at radius 1 is 1.22 bits per heavy atom. The maximum absolute atomic E-state index is 9.60. The molecule has 0 aliphatic rings. The van der Waals surface area contributed by atoms with Crippen LogP contribution >= 0.6 is 0 Å². The molecule has 0 aromatic heterocycles. The summed E-state index contributed by atoms with van der Waals surface area (Å²) in [4.78, 5) is 0. The lowest BCUT2D eigenvalue weighted by Gasteiger charge is -2.12. The number of hydrogen-bond acceptors (Lipinski definition) is 4. The molecule has 0 amide bonds. The van der Waals surface area contributed by atoms with Crippen molar-refractivity contribution >= 4 is 0 Å². The van der Waals surface area contributed by atoms with Gasteiger partial charge in [-0.05, 0) is 24.1 Å². The highest BCUT2D eigenvalue weighted by Crippen LogP contribution is 2.27. The Morgan fingerprint density at radius 2 is 1.94 bits per heavy atom. The molecule has 18 heavy (non-hydrogen) atoms. The molecule has 0 radical (unpaired) electrons. The van der Waals surface area contributed by atoms with E-state index in [0.29, 0.717) is 13.1 Å². The summed E-state index contributed by atoms with van der Waals surface area (Å²) in [5.74, 6) is 1.46. The normalized spacial score (nSPS) is 12.2. The summed E-state index contributed by atoms with van der Waals surface area (Å²) in [6.45, 7) is 3.39. The smallest absolute Gasteiger partial charge is 0.161 e. The molecule has 0 saturated carbocycles. The molecular weight excluding hydrogens is 230 g/mol. The van der Waals surface area contributed by atoms with Crippen LogP contribution in [0.1, 0.15) is 25.3 Å². The summed E-state index contributed by atoms with van der Waals surface area (Å²) >= 11 is 0. The van der Waals surface area contributed by atoms with Crippen molar-refractivity contribution in [2.45, 2.75) is 32.4 Å². The van der Waals surface area contributed by atoms with E-state index in [1.807, 2.05) is 18.2 Å². The fraction of sp³-hybridized carbons (Fsp3) is 0.571. The molecule has 1 rings (SSSR count). The van der Waals surface area contributed by atoms with Crippen LogP contribution in [0, 0.1) is 0 Å². The first-order valence-electron chi connectivity index (χ1n) is 6.31. The number of ether oxygens (including phenoxy) is 2. The summed E-state index contributed by atoms with van der Waals surface area (Å²) in [6.07, 6.45) is 1.56. The van der Waals surface area contributed by atoms with Gasteiger partial charge in [0.05, 0.1) is 20.3 Å². The topological polar surface area (TPSA) is 50.7 Å². The fourth-order valence-electron chi connectivity index (χ4n) is 1.81. The maximum Gasteiger partial charge on any atom is 0.161 e. The minimum absolute atomic E-state index is 0.268. The average molecular weight is 253 g/mol. The molecule has 0 aliphatic carbocycles. The van der Waals surface area contributed by atoms with E-state index in [9.17, 15) is 5.11 Å². The van der Waals surface area contributed by atoms with Gasteiger partial charge in [-0.2, -0.15) is 0 Å². The van der Waals surface area contributed by atoms with Crippen LogP contribution in [0.15, 0.2) is 18.2 Å². The van der Waals surface area contributed by atoms with Gasteiger partial charge in [0.1, 0.15) is 0 Å². The van der Waals surface area contributed by atoms with Gasteiger partial charge in [0.2, 0.25) is 0 Å². The summed E-state index contributed by atoms with van der Waals surface area (Å²) in [5.41, 5.74) is 1.11. The molecule has 2 N–H and O–H groups in total. The number of rotatable bonds is 8. The summed E-state index contributed by atoms with van der Waals surface area (Å²) in [7, 11) is 3.25. The highest BCUT2D eigenvalue weighted by Gasteiger charge is 2.05. The van der Waals surface area contributed by atoms with Crippen LogP contribution in [0.2, 0.25) is 0 Å². The predicted molar refractivity (Wildman–Crippen MR) is 72.2 cm³/mol. The van der Waals surface area contributed by atoms with E-state index in [0.717, 1.165) is 29.9 Å². The Morgan fingerprint density at radius 3 is 2.56 bits per heavy atom.